The Hall–Kier alpha value is -8.73. The first kappa shape index (κ1) is 38.0. The summed E-state index contributed by atoms with van der Waals surface area (Å²) in [5.74, 6) is 0. The maximum atomic E-state index is 9.10. The van der Waals surface area contributed by atoms with E-state index >= 15 is 0 Å². The number of pyridine rings is 1. The fourth-order valence-electron chi connectivity index (χ4n) is 9.80. The lowest BCUT2D eigenvalue weighted by atomic mass is 9.84. The fourth-order valence-corrected chi connectivity index (χ4v) is 9.80. The van der Waals surface area contributed by atoms with Crippen molar-refractivity contribution in [2.24, 2.45) is 5.10 Å². The Morgan fingerprint density at radius 3 is 1.42 bits per heavy atom. The van der Waals surface area contributed by atoms with Crippen molar-refractivity contribution >= 4 is 76.7 Å². The summed E-state index contributed by atoms with van der Waals surface area (Å²) in [6.45, 7) is 0. The second-order valence-electron chi connectivity index (χ2n) is 16.6. The highest BCUT2D eigenvalue weighted by Crippen LogP contribution is 2.46. The van der Waals surface area contributed by atoms with E-state index in [1.165, 1.54) is 76.5 Å². The number of para-hydroxylation sites is 1. The lowest BCUT2D eigenvalue weighted by Gasteiger charge is -2.19. The molecule has 0 fully saturated rings. The molecule has 1 aliphatic rings. The lowest BCUT2D eigenvalue weighted by Crippen LogP contribution is -2.13. The first-order chi connectivity index (χ1) is 32.2. The van der Waals surface area contributed by atoms with E-state index in [1.54, 1.807) is 0 Å². The van der Waals surface area contributed by atoms with Gasteiger partial charge in [-0.1, -0.05) is 182 Å². The molecular formula is C61H40N4. The molecule has 0 amide bonds. The quantitative estimate of drug-likeness (QED) is 0.0955. The van der Waals surface area contributed by atoms with Crippen molar-refractivity contribution in [2.45, 2.75) is 0 Å². The van der Waals surface area contributed by atoms with Gasteiger partial charge in [0.2, 0.25) is 0 Å². The summed E-state index contributed by atoms with van der Waals surface area (Å²) in [4.78, 5) is 4.84. The van der Waals surface area contributed by atoms with Crippen molar-refractivity contribution in [1.82, 2.24) is 4.98 Å². The first-order valence-corrected chi connectivity index (χ1v) is 22.0. The van der Waals surface area contributed by atoms with E-state index in [2.05, 4.69) is 212 Å². The van der Waals surface area contributed by atoms with Crippen LogP contribution in [0.3, 0.4) is 0 Å². The molecule has 0 saturated heterocycles. The number of allylic oxidation sites excluding steroid dienone is 4. The van der Waals surface area contributed by atoms with E-state index in [4.69, 9.17) is 15.5 Å². The highest BCUT2D eigenvalue weighted by Gasteiger charge is 2.20. The van der Waals surface area contributed by atoms with Crippen LogP contribution in [0.2, 0.25) is 0 Å². The molecule has 4 nitrogen and oxygen atoms in total. The summed E-state index contributed by atoms with van der Waals surface area (Å²) in [6, 6.07) is 73.2. The molecule has 10 aromatic carbocycles. The Labute approximate surface area is 376 Å². The van der Waals surface area contributed by atoms with Crippen molar-refractivity contribution in [2.75, 3.05) is 5.43 Å². The van der Waals surface area contributed by atoms with Gasteiger partial charge >= 0.3 is 0 Å². The van der Waals surface area contributed by atoms with Gasteiger partial charge in [-0.05, 0) is 136 Å². The summed E-state index contributed by atoms with van der Waals surface area (Å²) in [5.41, 5.74) is 17.4. The fraction of sp³-hybridized carbons (Fsp3) is 0. The van der Waals surface area contributed by atoms with Gasteiger partial charge in [0.25, 0.3) is 0 Å². The minimum atomic E-state index is 0.345. The average Bonchev–Trinajstić information content (AvgIpc) is 3.37. The minimum Gasteiger partial charge on any atom is -0.299 e. The van der Waals surface area contributed by atoms with E-state index in [0.29, 0.717) is 11.4 Å². The Morgan fingerprint density at radius 2 is 0.846 bits per heavy atom. The molecule has 1 aromatic heterocycles. The maximum absolute atomic E-state index is 9.10. The van der Waals surface area contributed by atoms with E-state index in [-0.39, 0.29) is 0 Å². The molecule has 65 heavy (non-hydrogen) atoms. The largest absolute Gasteiger partial charge is 0.299 e. The van der Waals surface area contributed by atoms with Crippen LogP contribution in [-0.2, 0) is 0 Å². The predicted molar refractivity (Wildman–Crippen MR) is 276 cm³/mol. The number of nitrogens with one attached hydrogen (secondary N) is 2. The number of aromatic nitrogens is 1. The Morgan fingerprint density at radius 1 is 0.385 bits per heavy atom. The number of nitrogens with zero attached hydrogens (tertiary/aromatic N) is 2. The molecule has 0 radical (unpaired) electrons. The molecule has 4 heteroatoms. The standard InChI is InChI=1S/C61H40N4/c62-55-37-43(42-29-33-53-54(36-42)60(40-17-5-2-6-18-40)50-23-11-8-20-47(50)58(53)39-15-3-1-4-16-39)30-34-57(55)65-64-46-31-27-41(28-32-46)59-48-21-9-12-24-51(48)61(52-25-13-10-22-49(52)59)45-35-44-19-7-14-26-56(44)63-38-45/h1-38,62,64H/b62-55?,65-57-. The molecule has 1 aliphatic carbocycles. The summed E-state index contributed by atoms with van der Waals surface area (Å²) in [5, 5.41) is 24.5. The van der Waals surface area contributed by atoms with Crippen molar-refractivity contribution in [3.05, 3.63) is 236 Å². The van der Waals surface area contributed by atoms with Crippen LogP contribution >= 0.6 is 0 Å². The average molecular weight is 829 g/mol. The van der Waals surface area contributed by atoms with E-state index in [1.807, 2.05) is 24.4 Å². The topological polar surface area (TPSA) is 61.1 Å². The molecule has 2 N–H and O–H groups in total. The normalized spacial score (nSPS) is 13.3. The van der Waals surface area contributed by atoms with Crippen LogP contribution in [-0.4, -0.2) is 16.4 Å². The van der Waals surface area contributed by atoms with E-state index < -0.39 is 0 Å². The molecule has 1 heterocycles. The highest BCUT2D eigenvalue weighted by molar-refractivity contribution is 6.51. The van der Waals surface area contributed by atoms with Crippen LogP contribution in [0.5, 0.6) is 0 Å². The molecule has 0 bridgehead atoms. The van der Waals surface area contributed by atoms with Crippen LogP contribution in [0.4, 0.5) is 5.69 Å². The zero-order chi connectivity index (χ0) is 43.3. The van der Waals surface area contributed by atoms with Crippen LogP contribution in [0, 0.1) is 5.41 Å². The molecule has 0 spiro atoms. The van der Waals surface area contributed by atoms with Gasteiger partial charge in [0, 0.05) is 17.1 Å². The zero-order valence-electron chi connectivity index (χ0n) is 35.3. The van der Waals surface area contributed by atoms with Crippen molar-refractivity contribution in [3.8, 4) is 44.5 Å². The molecule has 0 saturated carbocycles. The third-order valence-corrected chi connectivity index (χ3v) is 12.8. The third-order valence-electron chi connectivity index (χ3n) is 12.8. The molecule has 0 atom stereocenters. The molecule has 12 rings (SSSR count). The predicted octanol–water partition coefficient (Wildman–Crippen LogP) is 16.0. The second-order valence-corrected chi connectivity index (χ2v) is 16.6. The lowest BCUT2D eigenvalue weighted by molar-refractivity contribution is 1.34. The smallest absolute Gasteiger partial charge is 0.108 e. The second kappa shape index (κ2) is 15.9. The Bertz CT molecular complexity index is 3730. The maximum Gasteiger partial charge on any atom is 0.108 e. The molecular weight excluding hydrogens is 789 g/mol. The van der Waals surface area contributed by atoms with E-state index in [0.717, 1.165) is 38.9 Å². The van der Waals surface area contributed by atoms with Gasteiger partial charge in [0.05, 0.1) is 16.9 Å². The third kappa shape index (κ3) is 6.68. The number of benzene rings is 10. The minimum absolute atomic E-state index is 0.345. The van der Waals surface area contributed by atoms with Gasteiger partial charge in [-0.25, -0.2) is 0 Å². The number of fused-ring (bicyclic) bond motifs is 5. The first-order valence-electron chi connectivity index (χ1n) is 22.0. The highest BCUT2D eigenvalue weighted by atomic mass is 15.3. The summed E-state index contributed by atoms with van der Waals surface area (Å²) in [6.07, 6.45) is 7.92. The molecule has 11 aromatic rings. The van der Waals surface area contributed by atoms with Gasteiger partial charge in [-0.2, -0.15) is 5.10 Å². The van der Waals surface area contributed by atoms with Crippen molar-refractivity contribution in [3.63, 3.8) is 0 Å². The SMILES string of the molecule is N=C1C=C(c2ccc3c(-c4ccccc4)c4ccccc4c(-c4ccccc4)c3c2)C=C/C1=N/Nc1ccc(-c2c3ccccc3c(-c3cnc4ccccc4c3)c3ccccc23)cc1. The molecule has 0 aliphatic heterocycles. The van der Waals surface area contributed by atoms with Gasteiger partial charge in [0.15, 0.2) is 0 Å². The number of anilines is 1. The van der Waals surface area contributed by atoms with Gasteiger partial charge < -0.3 is 0 Å². The van der Waals surface area contributed by atoms with E-state index in [9.17, 15) is 0 Å². The van der Waals surface area contributed by atoms with Gasteiger partial charge in [-0.3, -0.25) is 15.8 Å². The number of hydrogen-bond donors (Lipinski definition) is 2. The zero-order valence-corrected chi connectivity index (χ0v) is 35.3. The molecule has 304 valence electrons. The van der Waals surface area contributed by atoms with Gasteiger partial charge in [-0.15, -0.1) is 0 Å². The van der Waals surface area contributed by atoms with Crippen molar-refractivity contribution in [1.29, 1.82) is 5.41 Å². The summed E-state index contributed by atoms with van der Waals surface area (Å²) >= 11 is 0. The monoisotopic (exact) mass is 828 g/mol. The van der Waals surface area contributed by atoms with Crippen LogP contribution in [0.1, 0.15) is 5.56 Å². The van der Waals surface area contributed by atoms with Crippen LogP contribution in [0.25, 0.3) is 104 Å². The van der Waals surface area contributed by atoms with Crippen molar-refractivity contribution < 1.29 is 0 Å². The summed E-state index contributed by atoms with van der Waals surface area (Å²) < 4.78 is 0. The molecule has 0 unspecified atom stereocenters. The number of hydrogen-bond acceptors (Lipinski definition) is 4. The number of rotatable bonds is 7. The summed E-state index contributed by atoms with van der Waals surface area (Å²) in [7, 11) is 0. The van der Waals surface area contributed by atoms with Crippen LogP contribution < -0.4 is 5.43 Å². The van der Waals surface area contributed by atoms with Gasteiger partial charge in [0.1, 0.15) is 5.71 Å². The number of hydrazone groups is 1. The Balaban J connectivity index is 0.863. The Kier molecular flexibility index (Phi) is 9.28. The van der Waals surface area contributed by atoms with Crippen LogP contribution in [0.15, 0.2) is 236 Å².